The van der Waals surface area contributed by atoms with Crippen LogP contribution in [-0.4, -0.2) is 42.8 Å². The number of anilines is 1. The van der Waals surface area contributed by atoms with Crippen molar-refractivity contribution < 1.29 is 9.53 Å². The molecule has 0 saturated carbocycles. The number of rotatable bonds is 5. The molecular formula is C23H28N6O2. The van der Waals surface area contributed by atoms with Crippen molar-refractivity contribution >= 4 is 11.7 Å². The molecule has 0 radical (unpaired) electrons. The lowest BCUT2D eigenvalue weighted by Gasteiger charge is -2.32. The van der Waals surface area contributed by atoms with Gasteiger partial charge in [0.1, 0.15) is 12.4 Å². The first-order valence-corrected chi connectivity index (χ1v) is 10.6. The molecule has 4 rings (SSSR count). The Kier molecular flexibility index (Phi) is 6.08. The number of pyridine rings is 1. The van der Waals surface area contributed by atoms with E-state index in [-0.39, 0.29) is 24.7 Å². The molecule has 1 amide bonds. The zero-order valence-electron chi connectivity index (χ0n) is 18.4. The Morgan fingerprint density at radius 3 is 2.55 bits per heavy atom. The second kappa shape index (κ2) is 8.93. The minimum atomic E-state index is -0.161. The number of carbonyl (C=O) groups excluding carboxylic acids is 1. The minimum Gasteiger partial charge on any atom is -0.376 e. The number of aromatic nitrogens is 5. The van der Waals surface area contributed by atoms with E-state index < -0.39 is 0 Å². The molecule has 1 N–H and O–H groups in total. The molecule has 1 aliphatic rings. The first-order valence-electron chi connectivity index (χ1n) is 10.6. The van der Waals surface area contributed by atoms with E-state index in [1.807, 2.05) is 19.9 Å². The zero-order valence-corrected chi connectivity index (χ0v) is 18.4. The highest BCUT2D eigenvalue weighted by Crippen LogP contribution is 2.36. The molecule has 1 aliphatic heterocycles. The van der Waals surface area contributed by atoms with Gasteiger partial charge in [0.25, 0.3) is 0 Å². The van der Waals surface area contributed by atoms with Gasteiger partial charge in [0.15, 0.2) is 0 Å². The fourth-order valence-electron chi connectivity index (χ4n) is 4.48. The average Bonchev–Trinajstić information content (AvgIpc) is 3.01. The number of aryl methyl sites for hydroxylation is 1. The molecule has 2 atom stereocenters. The molecule has 162 valence electrons. The van der Waals surface area contributed by atoms with Crippen molar-refractivity contribution in [1.29, 1.82) is 0 Å². The van der Waals surface area contributed by atoms with Gasteiger partial charge in [-0.3, -0.25) is 19.4 Å². The number of nitrogens with zero attached hydrogens (tertiary/aromatic N) is 5. The maximum atomic E-state index is 12.6. The van der Waals surface area contributed by atoms with Crippen LogP contribution in [0.1, 0.15) is 49.6 Å². The number of carbonyl (C=O) groups is 1. The molecule has 1 fully saturated rings. The molecule has 8 nitrogen and oxygen atoms in total. The number of amides is 1. The molecule has 0 bridgehead atoms. The van der Waals surface area contributed by atoms with Crippen molar-refractivity contribution in [1.82, 2.24) is 24.7 Å². The maximum Gasteiger partial charge on any atom is 0.247 e. The summed E-state index contributed by atoms with van der Waals surface area (Å²) in [5.74, 6) is 0.739. The smallest absolute Gasteiger partial charge is 0.247 e. The lowest BCUT2D eigenvalue weighted by molar-refractivity contribution is -0.117. The van der Waals surface area contributed by atoms with Gasteiger partial charge in [-0.15, -0.1) is 0 Å². The number of hydrogen-bond acceptors (Lipinski definition) is 6. The predicted octanol–water partition coefficient (Wildman–Crippen LogP) is 3.66. The van der Waals surface area contributed by atoms with Gasteiger partial charge in [-0.25, -0.2) is 4.98 Å². The molecule has 1 saturated heterocycles. The summed E-state index contributed by atoms with van der Waals surface area (Å²) >= 11 is 0. The van der Waals surface area contributed by atoms with Gasteiger partial charge in [0.2, 0.25) is 5.91 Å². The van der Waals surface area contributed by atoms with Crippen LogP contribution < -0.4 is 5.32 Å². The summed E-state index contributed by atoms with van der Waals surface area (Å²) in [5, 5.41) is 7.50. The Hall–Kier alpha value is -3.13. The molecule has 8 heteroatoms. The van der Waals surface area contributed by atoms with E-state index in [1.165, 1.54) is 5.56 Å². The van der Waals surface area contributed by atoms with Gasteiger partial charge >= 0.3 is 0 Å². The summed E-state index contributed by atoms with van der Waals surface area (Å²) in [7, 11) is 0. The quantitative estimate of drug-likeness (QED) is 0.677. The normalized spacial score (nSPS) is 21.1. The van der Waals surface area contributed by atoms with E-state index in [1.54, 1.807) is 35.5 Å². The summed E-state index contributed by atoms with van der Waals surface area (Å²) in [4.78, 5) is 25.3. The second-order valence-electron chi connectivity index (χ2n) is 8.24. The fraction of sp³-hybridized carbons (Fsp3) is 0.435. The molecule has 0 aromatic carbocycles. The molecule has 4 heterocycles. The van der Waals surface area contributed by atoms with Gasteiger partial charge in [-0.2, -0.15) is 5.10 Å². The molecule has 3 aromatic rings. The third kappa shape index (κ3) is 4.80. The highest BCUT2D eigenvalue weighted by atomic mass is 16.5. The lowest BCUT2D eigenvalue weighted by atomic mass is 9.85. The van der Waals surface area contributed by atoms with Crippen molar-refractivity contribution in [3.8, 4) is 11.3 Å². The van der Waals surface area contributed by atoms with Crippen LogP contribution in [0, 0.1) is 13.8 Å². The summed E-state index contributed by atoms with van der Waals surface area (Å²) < 4.78 is 7.68. The van der Waals surface area contributed by atoms with E-state index in [2.05, 4.69) is 39.2 Å². The monoisotopic (exact) mass is 420 g/mol. The van der Waals surface area contributed by atoms with Gasteiger partial charge < -0.3 is 10.1 Å². The molecule has 2 unspecified atom stereocenters. The average molecular weight is 421 g/mol. The van der Waals surface area contributed by atoms with Gasteiger partial charge in [-0.05, 0) is 64.2 Å². The van der Waals surface area contributed by atoms with E-state index in [0.717, 1.165) is 35.5 Å². The first-order chi connectivity index (χ1) is 14.9. The third-order valence-corrected chi connectivity index (χ3v) is 5.73. The number of nitrogens with one attached hydrogen (secondary N) is 1. The predicted molar refractivity (Wildman–Crippen MR) is 118 cm³/mol. The van der Waals surface area contributed by atoms with E-state index in [0.29, 0.717) is 11.7 Å². The number of ether oxygens (including phenoxy) is 1. The zero-order chi connectivity index (χ0) is 22.0. The van der Waals surface area contributed by atoms with Crippen LogP contribution in [-0.2, 0) is 16.1 Å². The van der Waals surface area contributed by atoms with E-state index >= 15 is 0 Å². The largest absolute Gasteiger partial charge is 0.376 e. The van der Waals surface area contributed by atoms with Crippen LogP contribution in [0.15, 0.2) is 36.9 Å². The van der Waals surface area contributed by atoms with Gasteiger partial charge in [-0.1, -0.05) is 0 Å². The van der Waals surface area contributed by atoms with E-state index in [9.17, 15) is 4.79 Å². The molecule has 31 heavy (non-hydrogen) atoms. The molecule has 3 aromatic heterocycles. The maximum absolute atomic E-state index is 12.6. The molecule has 0 aliphatic carbocycles. The summed E-state index contributed by atoms with van der Waals surface area (Å²) in [6.45, 7) is 8.45. The van der Waals surface area contributed by atoms with Crippen molar-refractivity contribution in [3.05, 3.63) is 53.9 Å². The van der Waals surface area contributed by atoms with Crippen molar-refractivity contribution in [2.75, 3.05) is 5.32 Å². The minimum absolute atomic E-state index is 0.147. The molecular weight excluding hydrogens is 392 g/mol. The Bertz CT molecular complexity index is 1040. The fourth-order valence-corrected chi connectivity index (χ4v) is 4.48. The Morgan fingerprint density at radius 1 is 1.13 bits per heavy atom. The highest BCUT2D eigenvalue weighted by Gasteiger charge is 2.30. The van der Waals surface area contributed by atoms with Crippen LogP contribution in [0.25, 0.3) is 11.3 Å². The molecule has 0 spiro atoms. The lowest BCUT2D eigenvalue weighted by Crippen LogP contribution is -2.28. The van der Waals surface area contributed by atoms with Crippen molar-refractivity contribution in [2.45, 2.75) is 65.2 Å². The van der Waals surface area contributed by atoms with Crippen LogP contribution in [0.4, 0.5) is 5.82 Å². The second-order valence-corrected chi connectivity index (χ2v) is 8.24. The van der Waals surface area contributed by atoms with Crippen LogP contribution >= 0.6 is 0 Å². The SMILES string of the molecule is Cc1nn(CC(=O)Nc2ccc(-c3cnccn3)cn2)c(C)c1C1CC(C)OC(C)C1. The highest BCUT2D eigenvalue weighted by molar-refractivity contribution is 5.89. The van der Waals surface area contributed by atoms with Gasteiger partial charge in [0, 0.05) is 29.8 Å². The standard InChI is InChI=1S/C23H28N6O2/c1-14-9-19(10-15(2)31-14)23-16(3)28-29(17(23)4)13-22(30)27-21-6-5-18(11-26-21)20-12-24-7-8-25-20/h5-8,11-12,14-15,19H,9-10,13H2,1-4H3,(H,26,27,30). The van der Waals surface area contributed by atoms with E-state index in [4.69, 9.17) is 4.74 Å². The first kappa shape index (κ1) is 21.1. The van der Waals surface area contributed by atoms with Crippen molar-refractivity contribution in [2.24, 2.45) is 0 Å². The Balaban J connectivity index is 1.43. The topological polar surface area (TPSA) is 94.8 Å². The van der Waals surface area contributed by atoms with Crippen LogP contribution in [0.5, 0.6) is 0 Å². The Labute approximate surface area is 182 Å². The third-order valence-electron chi connectivity index (χ3n) is 5.73. The van der Waals surface area contributed by atoms with Gasteiger partial charge in [0.05, 0.1) is 29.8 Å². The Morgan fingerprint density at radius 2 is 1.90 bits per heavy atom. The summed E-state index contributed by atoms with van der Waals surface area (Å²) in [5.41, 5.74) is 4.86. The van der Waals surface area contributed by atoms with Crippen molar-refractivity contribution in [3.63, 3.8) is 0 Å². The van der Waals surface area contributed by atoms with Crippen LogP contribution in [0.3, 0.4) is 0 Å². The summed E-state index contributed by atoms with van der Waals surface area (Å²) in [6.07, 6.45) is 9.03. The van der Waals surface area contributed by atoms with Crippen LogP contribution in [0.2, 0.25) is 0 Å². The summed E-state index contributed by atoms with van der Waals surface area (Å²) in [6, 6.07) is 3.63. The number of hydrogen-bond donors (Lipinski definition) is 1.